The molecule has 0 atom stereocenters. The first-order valence-corrected chi connectivity index (χ1v) is 6.01. The quantitative estimate of drug-likeness (QED) is 0.835. The van der Waals surface area contributed by atoms with Crippen LogP contribution in [-0.2, 0) is 0 Å². The van der Waals surface area contributed by atoms with E-state index in [1.807, 2.05) is 13.0 Å². The van der Waals surface area contributed by atoms with Gasteiger partial charge in [0.25, 0.3) is 5.91 Å². The van der Waals surface area contributed by atoms with Gasteiger partial charge in [-0.25, -0.2) is 9.97 Å². The third-order valence-corrected chi connectivity index (χ3v) is 2.84. The van der Waals surface area contributed by atoms with E-state index in [0.717, 1.165) is 5.56 Å². The smallest absolute Gasteiger partial charge is 0.258 e. The number of aromatic nitrogens is 2. The average molecular weight is 307 g/mol. The van der Waals surface area contributed by atoms with E-state index in [0.29, 0.717) is 21.7 Å². The Hall–Kier alpha value is -1.95. The summed E-state index contributed by atoms with van der Waals surface area (Å²) in [6.45, 7) is 1.85. The van der Waals surface area contributed by atoms with Gasteiger partial charge in [0.05, 0.1) is 18.0 Å². The van der Waals surface area contributed by atoms with Crippen LogP contribution in [0.25, 0.3) is 0 Å². The molecule has 1 heterocycles. The van der Waals surface area contributed by atoms with E-state index in [4.69, 9.17) is 5.73 Å². The number of nitrogens with two attached hydrogens (primary N) is 1. The highest BCUT2D eigenvalue weighted by Gasteiger charge is 2.11. The molecule has 6 heteroatoms. The zero-order chi connectivity index (χ0) is 13.1. The van der Waals surface area contributed by atoms with Crippen LogP contribution in [0.1, 0.15) is 15.9 Å². The molecular weight excluding hydrogens is 296 g/mol. The molecule has 2 rings (SSSR count). The monoisotopic (exact) mass is 306 g/mol. The van der Waals surface area contributed by atoms with Crippen molar-refractivity contribution in [1.29, 1.82) is 0 Å². The number of aryl methyl sites for hydroxylation is 1. The minimum Gasteiger partial charge on any atom is -0.398 e. The molecule has 0 fully saturated rings. The first-order chi connectivity index (χ1) is 8.58. The van der Waals surface area contributed by atoms with E-state index in [-0.39, 0.29) is 5.91 Å². The number of nitrogens with one attached hydrogen (secondary N) is 1. The first kappa shape index (κ1) is 12.5. The molecule has 5 nitrogen and oxygen atoms in total. The first-order valence-electron chi connectivity index (χ1n) is 5.22. The van der Waals surface area contributed by atoms with Crippen molar-refractivity contribution in [1.82, 2.24) is 9.97 Å². The van der Waals surface area contributed by atoms with Crippen LogP contribution in [0.3, 0.4) is 0 Å². The summed E-state index contributed by atoms with van der Waals surface area (Å²) in [5.74, 6) is 0.0805. The summed E-state index contributed by atoms with van der Waals surface area (Å²) in [6.07, 6.45) is 2.98. The Balaban J connectivity index is 2.22. The van der Waals surface area contributed by atoms with Crippen molar-refractivity contribution < 1.29 is 4.79 Å². The van der Waals surface area contributed by atoms with Crippen LogP contribution in [0.2, 0.25) is 0 Å². The number of halogens is 1. The highest BCUT2D eigenvalue weighted by atomic mass is 79.9. The summed E-state index contributed by atoms with van der Waals surface area (Å²) in [6, 6.07) is 5.31. The number of para-hydroxylation sites is 1. The number of carbonyl (C=O) groups excluding carboxylic acids is 1. The van der Waals surface area contributed by atoms with Gasteiger partial charge >= 0.3 is 0 Å². The average Bonchev–Trinajstić information content (AvgIpc) is 2.35. The molecule has 92 valence electrons. The number of benzene rings is 1. The number of rotatable bonds is 2. The van der Waals surface area contributed by atoms with Crippen molar-refractivity contribution >= 4 is 33.3 Å². The normalized spacial score (nSPS) is 10.1. The van der Waals surface area contributed by atoms with Crippen LogP contribution in [0.15, 0.2) is 35.2 Å². The van der Waals surface area contributed by atoms with Crippen LogP contribution in [0.4, 0.5) is 11.5 Å². The summed E-state index contributed by atoms with van der Waals surface area (Å²) in [5.41, 5.74) is 7.62. The minimum atomic E-state index is -0.298. The van der Waals surface area contributed by atoms with E-state index in [1.165, 1.54) is 12.4 Å². The highest BCUT2D eigenvalue weighted by Crippen LogP contribution is 2.17. The third kappa shape index (κ3) is 2.65. The highest BCUT2D eigenvalue weighted by molar-refractivity contribution is 9.10. The van der Waals surface area contributed by atoms with E-state index in [2.05, 4.69) is 31.2 Å². The number of nitrogens with zero attached hydrogens (tertiary/aromatic N) is 2. The fourth-order valence-electron chi connectivity index (χ4n) is 1.44. The Morgan fingerprint density at radius 1 is 1.33 bits per heavy atom. The molecule has 2 aromatic rings. The van der Waals surface area contributed by atoms with Gasteiger partial charge in [0.2, 0.25) is 0 Å². The van der Waals surface area contributed by atoms with E-state index < -0.39 is 0 Å². The van der Waals surface area contributed by atoms with Gasteiger partial charge in [-0.1, -0.05) is 12.1 Å². The standard InChI is InChI=1S/C12H11BrN4O/c1-7-3-2-4-8(11(7)14)12(18)17-10-6-15-9(13)5-16-10/h2-6H,14H2,1H3,(H,16,17,18). The van der Waals surface area contributed by atoms with Gasteiger partial charge in [0.15, 0.2) is 5.82 Å². The van der Waals surface area contributed by atoms with Crippen molar-refractivity contribution in [3.63, 3.8) is 0 Å². The topological polar surface area (TPSA) is 80.9 Å². The Bertz CT molecular complexity index is 583. The SMILES string of the molecule is Cc1cccc(C(=O)Nc2cnc(Br)cn2)c1N. The molecule has 1 aromatic heterocycles. The Kier molecular flexibility index (Phi) is 3.57. The number of hydrogen-bond acceptors (Lipinski definition) is 4. The second-order valence-corrected chi connectivity index (χ2v) is 4.53. The predicted molar refractivity (Wildman–Crippen MR) is 73.3 cm³/mol. The number of nitrogen functional groups attached to an aromatic ring is 1. The molecule has 0 aliphatic heterocycles. The molecule has 0 spiro atoms. The van der Waals surface area contributed by atoms with Crippen molar-refractivity contribution in [3.8, 4) is 0 Å². The van der Waals surface area contributed by atoms with Gasteiger partial charge in [-0.15, -0.1) is 0 Å². The molecule has 0 aliphatic carbocycles. The van der Waals surface area contributed by atoms with Crippen LogP contribution in [-0.4, -0.2) is 15.9 Å². The molecule has 0 unspecified atom stereocenters. The zero-order valence-corrected chi connectivity index (χ0v) is 11.2. The maximum absolute atomic E-state index is 12.0. The molecule has 0 radical (unpaired) electrons. The molecule has 1 aromatic carbocycles. The Morgan fingerprint density at radius 2 is 2.11 bits per heavy atom. The Labute approximate surface area is 113 Å². The summed E-state index contributed by atoms with van der Waals surface area (Å²) >= 11 is 3.17. The number of carbonyl (C=O) groups is 1. The summed E-state index contributed by atoms with van der Waals surface area (Å²) in [5, 5.41) is 2.64. The fourth-order valence-corrected chi connectivity index (χ4v) is 1.64. The second-order valence-electron chi connectivity index (χ2n) is 3.71. The molecule has 0 aliphatic rings. The third-order valence-electron chi connectivity index (χ3n) is 2.43. The lowest BCUT2D eigenvalue weighted by atomic mass is 10.1. The number of hydrogen-bond donors (Lipinski definition) is 2. The minimum absolute atomic E-state index is 0.298. The largest absolute Gasteiger partial charge is 0.398 e. The van der Waals surface area contributed by atoms with Gasteiger partial charge < -0.3 is 11.1 Å². The lowest BCUT2D eigenvalue weighted by molar-refractivity contribution is 0.102. The van der Waals surface area contributed by atoms with Crippen molar-refractivity contribution in [2.24, 2.45) is 0 Å². The van der Waals surface area contributed by atoms with Crippen LogP contribution in [0.5, 0.6) is 0 Å². The van der Waals surface area contributed by atoms with Gasteiger partial charge in [-0.2, -0.15) is 0 Å². The molecule has 0 saturated heterocycles. The van der Waals surface area contributed by atoms with Crippen LogP contribution >= 0.6 is 15.9 Å². The molecule has 1 amide bonds. The second kappa shape index (κ2) is 5.14. The van der Waals surface area contributed by atoms with Crippen LogP contribution < -0.4 is 11.1 Å². The molecule has 18 heavy (non-hydrogen) atoms. The molecule has 0 saturated carbocycles. The van der Waals surface area contributed by atoms with Crippen LogP contribution in [0, 0.1) is 6.92 Å². The lowest BCUT2D eigenvalue weighted by Crippen LogP contribution is -2.15. The van der Waals surface area contributed by atoms with Gasteiger partial charge in [0, 0.05) is 5.69 Å². The summed E-state index contributed by atoms with van der Waals surface area (Å²) in [4.78, 5) is 20.0. The van der Waals surface area contributed by atoms with Crippen molar-refractivity contribution in [2.75, 3.05) is 11.1 Å². The van der Waals surface area contributed by atoms with Crippen molar-refractivity contribution in [3.05, 3.63) is 46.3 Å². The summed E-state index contributed by atoms with van der Waals surface area (Å²) in [7, 11) is 0. The number of anilines is 2. The van der Waals surface area contributed by atoms with E-state index in [1.54, 1.807) is 12.1 Å². The number of amides is 1. The van der Waals surface area contributed by atoms with E-state index >= 15 is 0 Å². The fraction of sp³-hybridized carbons (Fsp3) is 0.0833. The van der Waals surface area contributed by atoms with E-state index in [9.17, 15) is 4.79 Å². The van der Waals surface area contributed by atoms with Gasteiger partial charge in [-0.05, 0) is 34.5 Å². The van der Waals surface area contributed by atoms with Gasteiger partial charge in [-0.3, -0.25) is 4.79 Å². The summed E-state index contributed by atoms with van der Waals surface area (Å²) < 4.78 is 0.607. The Morgan fingerprint density at radius 3 is 2.78 bits per heavy atom. The maximum atomic E-state index is 12.0. The van der Waals surface area contributed by atoms with Gasteiger partial charge in [0.1, 0.15) is 4.60 Å². The zero-order valence-electron chi connectivity index (χ0n) is 9.64. The molecule has 0 bridgehead atoms. The predicted octanol–water partition coefficient (Wildman–Crippen LogP) is 2.38. The van der Waals surface area contributed by atoms with Crippen molar-refractivity contribution in [2.45, 2.75) is 6.92 Å². The molecule has 3 N–H and O–H groups in total. The molecular formula is C12H11BrN4O. The maximum Gasteiger partial charge on any atom is 0.258 e. The lowest BCUT2D eigenvalue weighted by Gasteiger charge is -2.08.